The molecule has 176 valence electrons. The fourth-order valence-electron chi connectivity index (χ4n) is 4.69. The third kappa shape index (κ3) is 5.26. The van der Waals surface area contributed by atoms with E-state index in [-0.39, 0.29) is 29.3 Å². The van der Waals surface area contributed by atoms with Crippen LogP contribution in [-0.2, 0) is 26.2 Å². The number of nitrogens with one attached hydrogen (secondary N) is 1. The zero-order valence-electron chi connectivity index (χ0n) is 18.5. The number of likely N-dealkylation sites (tertiary alicyclic amines) is 1. The summed E-state index contributed by atoms with van der Waals surface area (Å²) in [7, 11) is -3.64. The van der Waals surface area contributed by atoms with Crippen LogP contribution in [0.5, 0.6) is 0 Å². The third-order valence-electron chi connectivity index (χ3n) is 6.48. The first-order valence-corrected chi connectivity index (χ1v) is 12.8. The summed E-state index contributed by atoms with van der Waals surface area (Å²) in [5.74, 6) is -0.949. The minimum Gasteiger partial charge on any atom is -0.368 e. The molecule has 0 spiro atoms. The number of carbonyl (C=O) groups is 2. The van der Waals surface area contributed by atoms with Crippen molar-refractivity contribution in [3.05, 3.63) is 60.2 Å². The van der Waals surface area contributed by atoms with E-state index in [1.807, 2.05) is 29.2 Å². The summed E-state index contributed by atoms with van der Waals surface area (Å²) in [6.45, 7) is 1.86. The van der Waals surface area contributed by atoms with Crippen LogP contribution in [0, 0.1) is 5.92 Å². The Morgan fingerprint density at radius 2 is 1.67 bits per heavy atom. The van der Waals surface area contributed by atoms with Crippen molar-refractivity contribution in [2.45, 2.75) is 43.2 Å². The van der Waals surface area contributed by atoms with Crippen LogP contribution in [0.3, 0.4) is 0 Å². The van der Waals surface area contributed by atoms with Crippen molar-refractivity contribution in [1.29, 1.82) is 0 Å². The van der Waals surface area contributed by atoms with Gasteiger partial charge in [-0.3, -0.25) is 14.5 Å². The summed E-state index contributed by atoms with van der Waals surface area (Å²) in [6.07, 6.45) is 2.91. The first kappa shape index (κ1) is 23.4. The molecule has 0 aliphatic carbocycles. The van der Waals surface area contributed by atoms with E-state index in [4.69, 9.17) is 5.73 Å². The Balaban J connectivity index is 1.45. The van der Waals surface area contributed by atoms with Gasteiger partial charge in [0.2, 0.25) is 21.8 Å². The minimum atomic E-state index is -3.64. The van der Waals surface area contributed by atoms with Crippen molar-refractivity contribution in [3.63, 3.8) is 0 Å². The van der Waals surface area contributed by atoms with Gasteiger partial charge in [-0.25, -0.2) is 8.42 Å². The van der Waals surface area contributed by atoms with Crippen LogP contribution in [0.2, 0.25) is 0 Å². The summed E-state index contributed by atoms with van der Waals surface area (Å²) in [6, 6.07) is 15.5. The van der Waals surface area contributed by atoms with Gasteiger partial charge in [0, 0.05) is 25.3 Å². The number of sulfonamides is 1. The highest BCUT2D eigenvalue weighted by molar-refractivity contribution is 7.89. The van der Waals surface area contributed by atoms with Crippen molar-refractivity contribution in [1.82, 2.24) is 9.21 Å². The van der Waals surface area contributed by atoms with Crippen LogP contribution in [0.15, 0.2) is 59.5 Å². The molecule has 9 heteroatoms. The maximum absolute atomic E-state index is 13.1. The lowest BCUT2D eigenvalue weighted by Crippen LogP contribution is -2.43. The molecule has 2 aromatic rings. The van der Waals surface area contributed by atoms with E-state index in [1.54, 1.807) is 30.3 Å². The summed E-state index contributed by atoms with van der Waals surface area (Å²) in [5, 5.41) is 3.01. The Hall–Kier alpha value is -2.75. The predicted molar refractivity (Wildman–Crippen MR) is 126 cm³/mol. The number of primary amides is 1. The lowest BCUT2D eigenvalue weighted by molar-refractivity contribution is -0.122. The number of hydrogen-bond acceptors (Lipinski definition) is 5. The first-order chi connectivity index (χ1) is 15.9. The summed E-state index contributed by atoms with van der Waals surface area (Å²) >= 11 is 0. The van der Waals surface area contributed by atoms with E-state index in [9.17, 15) is 18.0 Å². The van der Waals surface area contributed by atoms with E-state index >= 15 is 0 Å². The lowest BCUT2D eigenvalue weighted by atomic mass is 9.98. The highest BCUT2D eigenvalue weighted by Gasteiger charge is 2.34. The first-order valence-electron chi connectivity index (χ1n) is 11.3. The molecule has 8 nitrogen and oxygen atoms in total. The molecule has 2 amide bonds. The number of para-hydroxylation sites is 1. The van der Waals surface area contributed by atoms with Crippen LogP contribution >= 0.6 is 0 Å². The predicted octanol–water partition coefficient (Wildman–Crippen LogP) is 2.18. The number of anilines is 1. The zero-order valence-corrected chi connectivity index (χ0v) is 19.3. The fourth-order valence-corrected chi connectivity index (χ4v) is 6.23. The Bertz CT molecular complexity index is 1110. The molecule has 33 heavy (non-hydrogen) atoms. The number of nitrogens with zero attached hydrogens (tertiary/aromatic N) is 2. The van der Waals surface area contributed by atoms with Gasteiger partial charge >= 0.3 is 0 Å². The minimum absolute atomic E-state index is 0.154. The standard InChI is InChI=1S/C24H30N4O4S/c25-23(29)22-13-7-14-27(22)16-18-8-4-5-12-21(18)26-24(30)19-9-6-15-28(17-19)33(31,32)20-10-2-1-3-11-20/h1-5,8,10-12,19,22H,6-7,9,13-17H2,(H2,25,29)(H,26,30). The Morgan fingerprint density at radius 1 is 0.970 bits per heavy atom. The van der Waals surface area contributed by atoms with Crippen molar-refractivity contribution in [3.8, 4) is 0 Å². The topological polar surface area (TPSA) is 113 Å². The molecule has 2 aliphatic rings. The van der Waals surface area contributed by atoms with Gasteiger partial charge in [0.05, 0.1) is 16.9 Å². The monoisotopic (exact) mass is 470 g/mol. The molecule has 0 aromatic heterocycles. The Kier molecular flexibility index (Phi) is 7.11. The molecule has 3 N–H and O–H groups in total. The quantitative estimate of drug-likeness (QED) is 0.644. The number of hydrogen-bond donors (Lipinski definition) is 2. The third-order valence-corrected chi connectivity index (χ3v) is 8.36. The van der Waals surface area contributed by atoms with Crippen LogP contribution in [0.4, 0.5) is 5.69 Å². The molecule has 4 rings (SSSR count). The number of rotatable bonds is 7. The molecule has 2 unspecified atom stereocenters. The van der Waals surface area contributed by atoms with Crippen molar-refractivity contribution < 1.29 is 18.0 Å². The average molecular weight is 471 g/mol. The zero-order chi connectivity index (χ0) is 23.4. The van der Waals surface area contributed by atoms with Gasteiger partial charge in [0.15, 0.2) is 0 Å². The van der Waals surface area contributed by atoms with Gasteiger partial charge in [-0.05, 0) is 56.0 Å². The highest BCUT2D eigenvalue weighted by Crippen LogP contribution is 2.27. The number of benzene rings is 2. The smallest absolute Gasteiger partial charge is 0.243 e. The summed E-state index contributed by atoms with van der Waals surface area (Å²) in [4.78, 5) is 27.1. The van der Waals surface area contributed by atoms with Crippen LogP contribution in [0.25, 0.3) is 0 Å². The van der Waals surface area contributed by atoms with Gasteiger partial charge < -0.3 is 11.1 Å². The second-order valence-corrected chi connectivity index (χ2v) is 10.6. The normalized spacial score (nSPS) is 22.2. The van der Waals surface area contributed by atoms with Crippen molar-refractivity contribution in [2.75, 3.05) is 25.0 Å². The Labute approximate surface area is 194 Å². The maximum atomic E-state index is 13.1. The Morgan fingerprint density at radius 3 is 2.42 bits per heavy atom. The second kappa shape index (κ2) is 10.0. The van der Waals surface area contributed by atoms with E-state index in [0.29, 0.717) is 31.6 Å². The van der Waals surface area contributed by atoms with E-state index in [0.717, 1.165) is 24.9 Å². The van der Waals surface area contributed by atoms with Crippen LogP contribution < -0.4 is 11.1 Å². The molecule has 2 aliphatic heterocycles. The molecule has 0 bridgehead atoms. The maximum Gasteiger partial charge on any atom is 0.243 e. The van der Waals surface area contributed by atoms with Gasteiger partial charge in [-0.15, -0.1) is 0 Å². The lowest BCUT2D eigenvalue weighted by Gasteiger charge is -2.31. The largest absolute Gasteiger partial charge is 0.368 e. The molecule has 0 saturated carbocycles. The van der Waals surface area contributed by atoms with Gasteiger partial charge in [0.25, 0.3) is 0 Å². The van der Waals surface area contributed by atoms with E-state index < -0.39 is 15.9 Å². The molecule has 0 radical (unpaired) electrons. The van der Waals surface area contributed by atoms with Crippen LogP contribution in [-0.4, -0.2) is 55.1 Å². The molecule has 2 fully saturated rings. The second-order valence-electron chi connectivity index (χ2n) is 8.69. The molecular formula is C24H30N4O4S. The van der Waals surface area contributed by atoms with Crippen molar-refractivity contribution in [2.24, 2.45) is 11.7 Å². The highest BCUT2D eigenvalue weighted by atomic mass is 32.2. The molecule has 2 atom stereocenters. The molecular weight excluding hydrogens is 440 g/mol. The van der Waals surface area contributed by atoms with Gasteiger partial charge in [-0.1, -0.05) is 36.4 Å². The van der Waals surface area contributed by atoms with E-state index in [1.165, 1.54) is 4.31 Å². The number of carbonyl (C=O) groups excluding carboxylic acids is 2. The van der Waals surface area contributed by atoms with Gasteiger partial charge in [-0.2, -0.15) is 4.31 Å². The van der Waals surface area contributed by atoms with E-state index in [2.05, 4.69) is 5.32 Å². The molecule has 2 saturated heterocycles. The molecule has 2 aromatic carbocycles. The van der Waals surface area contributed by atoms with Crippen molar-refractivity contribution >= 4 is 27.5 Å². The summed E-state index contributed by atoms with van der Waals surface area (Å²) < 4.78 is 27.4. The number of amides is 2. The summed E-state index contributed by atoms with van der Waals surface area (Å²) in [5.41, 5.74) is 7.13. The number of piperidine rings is 1. The molecule has 2 heterocycles. The van der Waals surface area contributed by atoms with Crippen LogP contribution in [0.1, 0.15) is 31.2 Å². The van der Waals surface area contributed by atoms with Gasteiger partial charge in [0.1, 0.15) is 0 Å². The average Bonchev–Trinajstić information content (AvgIpc) is 3.29. The SMILES string of the molecule is NC(=O)C1CCCN1Cc1ccccc1NC(=O)C1CCCN(S(=O)(=O)c2ccccc2)C1. The number of nitrogens with two attached hydrogens (primary N) is 1. The fraction of sp³-hybridized carbons (Fsp3) is 0.417.